The predicted molar refractivity (Wildman–Crippen MR) is 98.3 cm³/mol. The van der Waals surface area contributed by atoms with Crippen molar-refractivity contribution in [2.24, 2.45) is 0 Å². The lowest BCUT2D eigenvalue weighted by Crippen LogP contribution is -2.42. The molecule has 0 saturated carbocycles. The summed E-state index contributed by atoms with van der Waals surface area (Å²) in [7, 11) is 0. The zero-order valence-corrected chi connectivity index (χ0v) is 14.9. The second-order valence-electron chi connectivity index (χ2n) is 6.31. The molecule has 1 aliphatic rings. The third kappa shape index (κ3) is 4.73. The molecule has 6 nitrogen and oxygen atoms in total. The van der Waals surface area contributed by atoms with Crippen molar-refractivity contribution < 1.29 is 27.5 Å². The summed E-state index contributed by atoms with van der Waals surface area (Å²) in [4.78, 5) is 26.3. The van der Waals surface area contributed by atoms with E-state index in [9.17, 15) is 22.8 Å². The van der Waals surface area contributed by atoms with Crippen LogP contribution in [0.4, 0.5) is 30.2 Å². The summed E-state index contributed by atoms with van der Waals surface area (Å²) in [5.41, 5.74) is 1.62. The molecule has 1 atom stereocenters. The quantitative estimate of drug-likeness (QED) is 0.830. The molecular weight excluding hydrogens is 375 g/mol. The number of alkyl halides is 3. The normalized spacial score (nSPS) is 16.6. The summed E-state index contributed by atoms with van der Waals surface area (Å²) in [6, 6.07) is 11.8. The van der Waals surface area contributed by atoms with Gasteiger partial charge in [0.2, 0.25) is 11.8 Å². The first-order chi connectivity index (χ1) is 13.2. The van der Waals surface area contributed by atoms with Gasteiger partial charge in [-0.1, -0.05) is 12.1 Å². The lowest BCUT2D eigenvalue weighted by molar-refractivity contribution is -0.274. The number of amides is 2. The highest BCUT2D eigenvalue weighted by atomic mass is 19.4. The van der Waals surface area contributed by atoms with E-state index in [1.165, 1.54) is 12.1 Å². The molecule has 2 aromatic carbocycles. The van der Waals surface area contributed by atoms with Gasteiger partial charge in [-0.15, -0.1) is 13.2 Å². The molecule has 0 radical (unpaired) electrons. The Morgan fingerprint density at radius 1 is 1.21 bits per heavy atom. The molecule has 0 spiro atoms. The van der Waals surface area contributed by atoms with Crippen LogP contribution in [-0.2, 0) is 9.59 Å². The van der Waals surface area contributed by atoms with Gasteiger partial charge in [-0.05, 0) is 43.3 Å². The van der Waals surface area contributed by atoms with E-state index >= 15 is 0 Å². The molecular formula is C19H18F3N3O3. The Morgan fingerprint density at radius 2 is 1.89 bits per heavy atom. The van der Waals surface area contributed by atoms with Crippen molar-refractivity contribution in [3.8, 4) is 5.75 Å². The van der Waals surface area contributed by atoms with Gasteiger partial charge in [-0.25, -0.2) is 0 Å². The molecule has 1 aliphatic heterocycles. The third-order valence-corrected chi connectivity index (χ3v) is 4.16. The fourth-order valence-corrected chi connectivity index (χ4v) is 3.01. The number of rotatable bonds is 4. The topological polar surface area (TPSA) is 70.7 Å². The van der Waals surface area contributed by atoms with Crippen molar-refractivity contribution in [2.75, 3.05) is 22.1 Å². The Morgan fingerprint density at radius 3 is 2.57 bits per heavy atom. The molecule has 0 fully saturated rings. The zero-order valence-electron chi connectivity index (χ0n) is 14.9. The molecule has 2 N–H and O–H groups in total. The first-order valence-electron chi connectivity index (χ1n) is 8.53. The van der Waals surface area contributed by atoms with Crippen molar-refractivity contribution in [3.63, 3.8) is 0 Å². The van der Waals surface area contributed by atoms with Gasteiger partial charge in [0.05, 0.1) is 17.9 Å². The Bertz CT molecular complexity index is 869. The second kappa shape index (κ2) is 7.79. The number of nitrogens with zero attached hydrogens (tertiary/aromatic N) is 1. The van der Waals surface area contributed by atoms with Crippen LogP contribution in [0.2, 0.25) is 0 Å². The maximum Gasteiger partial charge on any atom is 0.573 e. The highest BCUT2D eigenvalue weighted by molar-refractivity contribution is 6.05. The number of anilines is 3. The monoisotopic (exact) mass is 393 g/mol. The molecule has 0 aromatic heterocycles. The first-order valence-corrected chi connectivity index (χ1v) is 8.53. The molecule has 3 rings (SSSR count). The van der Waals surface area contributed by atoms with Gasteiger partial charge in [0, 0.05) is 18.2 Å². The standard InChI is InChI=1S/C19H18F3N3O3/c1-12-10-17(26)24-15-4-2-3-5-16(15)25(12)18(27)11-23-13-6-8-14(9-7-13)28-19(20,21)22/h2-9,12,23H,10-11H2,1H3,(H,24,26)/t12-/m0/s1. The number of fused-ring (bicyclic) bond motifs is 1. The van der Waals surface area contributed by atoms with E-state index in [2.05, 4.69) is 15.4 Å². The van der Waals surface area contributed by atoms with Gasteiger partial charge in [-0.3, -0.25) is 9.59 Å². The van der Waals surface area contributed by atoms with Gasteiger partial charge in [0.25, 0.3) is 0 Å². The van der Waals surface area contributed by atoms with Crippen LogP contribution in [-0.4, -0.2) is 30.8 Å². The van der Waals surface area contributed by atoms with Crippen molar-refractivity contribution in [3.05, 3.63) is 48.5 Å². The summed E-state index contributed by atoms with van der Waals surface area (Å²) in [5.74, 6) is -0.792. The molecule has 0 bridgehead atoms. The SMILES string of the molecule is C[C@H]1CC(=O)Nc2ccccc2N1C(=O)CNc1ccc(OC(F)(F)F)cc1. The fraction of sp³-hybridized carbons (Fsp3) is 0.263. The molecule has 1 heterocycles. The molecule has 28 heavy (non-hydrogen) atoms. The molecule has 2 aromatic rings. The van der Waals surface area contributed by atoms with E-state index < -0.39 is 6.36 Å². The number of carbonyl (C=O) groups is 2. The molecule has 0 aliphatic carbocycles. The van der Waals surface area contributed by atoms with E-state index in [4.69, 9.17) is 0 Å². The van der Waals surface area contributed by atoms with E-state index in [0.29, 0.717) is 17.1 Å². The van der Waals surface area contributed by atoms with E-state index in [-0.39, 0.29) is 36.6 Å². The summed E-state index contributed by atoms with van der Waals surface area (Å²) < 4.78 is 40.4. The summed E-state index contributed by atoms with van der Waals surface area (Å²) in [5, 5.41) is 5.66. The van der Waals surface area contributed by atoms with E-state index in [0.717, 1.165) is 12.1 Å². The lowest BCUT2D eigenvalue weighted by atomic mass is 10.1. The van der Waals surface area contributed by atoms with Crippen LogP contribution >= 0.6 is 0 Å². The minimum absolute atomic E-state index is 0.0909. The number of carbonyl (C=O) groups excluding carboxylic acids is 2. The molecule has 148 valence electrons. The van der Waals surface area contributed by atoms with Crippen molar-refractivity contribution in [1.82, 2.24) is 0 Å². The maximum atomic E-state index is 12.8. The van der Waals surface area contributed by atoms with Crippen LogP contribution in [0.15, 0.2) is 48.5 Å². The number of hydrogen-bond acceptors (Lipinski definition) is 4. The minimum Gasteiger partial charge on any atom is -0.406 e. The zero-order chi connectivity index (χ0) is 20.3. The van der Waals surface area contributed by atoms with Crippen LogP contribution in [0.25, 0.3) is 0 Å². The van der Waals surface area contributed by atoms with Gasteiger partial charge in [0.15, 0.2) is 0 Å². The Labute approximate surface area is 159 Å². The highest BCUT2D eigenvalue weighted by Crippen LogP contribution is 2.31. The first kappa shape index (κ1) is 19.5. The number of nitrogens with one attached hydrogen (secondary N) is 2. The van der Waals surface area contributed by atoms with Crippen LogP contribution in [0.5, 0.6) is 5.75 Å². The van der Waals surface area contributed by atoms with E-state index in [1.54, 1.807) is 36.1 Å². The summed E-state index contributed by atoms with van der Waals surface area (Å²) >= 11 is 0. The maximum absolute atomic E-state index is 12.8. The minimum atomic E-state index is -4.76. The lowest BCUT2D eigenvalue weighted by Gasteiger charge is -2.28. The Kier molecular flexibility index (Phi) is 5.43. The molecule has 0 saturated heterocycles. The van der Waals surface area contributed by atoms with Crippen molar-refractivity contribution in [2.45, 2.75) is 25.7 Å². The molecule has 0 unspecified atom stereocenters. The van der Waals surface area contributed by atoms with Crippen molar-refractivity contribution >= 4 is 28.9 Å². The van der Waals surface area contributed by atoms with Gasteiger partial charge in [-0.2, -0.15) is 0 Å². The van der Waals surface area contributed by atoms with Crippen LogP contribution in [0, 0.1) is 0 Å². The summed E-state index contributed by atoms with van der Waals surface area (Å²) in [6.45, 7) is 1.69. The largest absolute Gasteiger partial charge is 0.573 e. The average Bonchev–Trinajstić information content (AvgIpc) is 2.74. The summed E-state index contributed by atoms with van der Waals surface area (Å²) in [6.07, 6.45) is -4.60. The fourth-order valence-electron chi connectivity index (χ4n) is 3.01. The Hall–Kier alpha value is -3.23. The molecule has 2 amide bonds. The number of ether oxygens (including phenoxy) is 1. The Balaban J connectivity index is 1.70. The van der Waals surface area contributed by atoms with Gasteiger partial charge in [0.1, 0.15) is 5.75 Å². The number of hydrogen-bond donors (Lipinski definition) is 2. The highest BCUT2D eigenvalue weighted by Gasteiger charge is 2.31. The second-order valence-corrected chi connectivity index (χ2v) is 6.31. The average molecular weight is 393 g/mol. The van der Waals surface area contributed by atoms with Crippen LogP contribution in [0.1, 0.15) is 13.3 Å². The van der Waals surface area contributed by atoms with Crippen molar-refractivity contribution in [1.29, 1.82) is 0 Å². The van der Waals surface area contributed by atoms with Gasteiger partial charge >= 0.3 is 6.36 Å². The van der Waals surface area contributed by atoms with Crippen LogP contribution in [0.3, 0.4) is 0 Å². The number of halogens is 3. The number of benzene rings is 2. The van der Waals surface area contributed by atoms with Gasteiger partial charge < -0.3 is 20.3 Å². The smallest absolute Gasteiger partial charge is 0.406 e. The van der Waals surface area contributed by atoms with E-state index in [1.807, 2.05) is 0 Å². The third-order valence-electron chi connectivity index (χ3n) is 4.16. The molecule has 9 heteroatoms. The number of para-hydroxylation sites is 2. The van der Waals surface area contributed by atoms with Crippen LogP contribution < -0.4 is 20.3 Å². The predicted octanol–water partition coefficient (Wildman–Crippen LogP) is 3.76.